The molecule has 0 aliphatic heterocycles. The number of rotatable bonds is 2. The third-order valence-electron chi connectivity index (χ3n) is 2.83. The zero-order chi connectivity index (χ0) is 11.0. The molecule has 1 aliphatic carbocycles. The topological polar surface area (TPSA) is 58.3 Å². The molecular formula is C11H15BrN2O. The number of nitrogens with one attached hydrogen (secondary N) is 1. The highest BCUT2D eigenvalue weighted by atomic mass is 79.9. The molecule has 0 spiro atoms. The van der Waals surface area contributed by atoms with Crippen LogP contribution in [0, 0.1) is 6.92 Å². The summed E-state index contributed by atoms with van der Waals surface area (Å²) in [5.74, 6) is 0. The summed E-state index contributed by atoms with van der Waals surface area (Å²) in [6.45, 7) is 1.99. The molecule has 2 rings (SSSR count). The number of halogens is 1. The Morgan fingerprint density at radius 2 is 2.13 bits per heavy atom. The molecule has 4 N–H and O–H groups in total. The van der Waals surface area contributed by atoms with Crippen molar-refractivity contribution in [2.24, 2.45) is 0 Å². The number of benzene rings is 1. The van der Waals surface area contributed by atoms with Crippen molar-refractivity contribution in [3.63, 3.8) is 0 Å². The van der Waals surface area contributed by atoms with Crippen molar-refractivity contribution in [2.75, 3.05) is 11.1 Å². The molecule has 1 aliphatic rings. The largest absolute Gasteiger partial charge is 0.398 e. The van der Waals surface area contributed by atoms with Gasteiger partial charge in [-0.3, -0.25) is 0 Å². The maximum Gasteiger partial charge on any atom is 0.0579 e. The van der Waals surface area contributed by atoms with E-state index in [-0.39, 0.29) is 6.10 Å². The third-order valence-corrected chi connectivity index (χ3v) is 3.48. The standard InChI is InChI=1S/C11H15BrN2O/c1-6-2-11(9(12)5-10(6)13)14-7-3-8(15)4-7/h2,5,7-8,14-15H,3-4,13H2,1H3. The van der Waals surface area contributed by atoms with Gasteiger partial charge in [0.15, 0.2) is 0 Å². The van der Waals surface area contributed by atoms with Crippen LogP contribution in [0.25, 0.3) is 0 Å². The summed E-state index contributed by atoms with van der Waals surface area (Å²) < 4.78 is 0.979. The lowest BCUT2D eigenvalue weighted by Crippen LogP contribution is -2.39. The van der Waals surface area contributed by atoms with Crippen LogP contribution in [-0.4, -0.2) is 17.3 Å². The van der Waals surface area contributed by atoms with Gasteiger partial charge in [-0.05, 0) is 53.4 Å². The fourth-order valence-electron chi connectivity index (χ4n) is 1.73. The van der Waals surface area contributed by atoms with Crippen molar-refractivity contribution in [2.45, 2.75) is 31.9 Å². The van der Waals surface area contributed by atoms with E-state index in [9.17, 15) is 5.11 Å². The first-order valence-corrected chi connectivity index (χ1v) is 5.86. The zero-order valence-electron chi connectivity index (χ0n) is 8.63. The van der Waals surface area contributed by atoms with Crippen LogP contribution in [0.2, 0.25) is 0 Å². The van der Waals surface area contributed by atoms with Gasteiger partial charge in [0.05, 0.1) is 6.10 Å². The van der Waals surface area contributed by atoms with Crippen molar-refractivity contribution in [1.82, 2.24) is 0 Å². The molecule has 1 aromatic carbocycles. The zero-order valence-corrected chi connectivity index (χ0v) is 10.2. The molecule has 0 atom stereocenters. The van der Waals surface area contributed by atoms with Crippen LogP contribution in [-0.2, 0) is 0 Å². The average Bonchev–Trinajstić information content (AvgIpc) is 2.11. The minimum absolute atomic E-state index is 0.129. The van der Waals surface area contributed by atoms with E-state index < -0.39 is 0 Å². The minimum atomic E-state index is -0.129. The summed E-state index contributed by atoms with van der Waals surface area (Å²) in [5, 5.41) is 12.6. The molecule has 15 heavy (non-hydrogen) atoms. The van der Waals surface area contributed by atoms with E-state index in [0.717, 1.165) is 34.3 Å². The summed E-state index contributed by atoms with van der Waals surface area (Å²) in [6.07, 6.45) is 1.53. The number of anilines is 2. The number of nitrogen functional groups attached to an aromatic ring is 1. The lowest BCUT2D eigenvalue weighted by molar-refractivity contribution is 0.0836. The van der Waals surface area contributed by atoms with Crippen molar-refractivity contribution >= 4 is 27.3 Å². The Labute approximate surface area is 97.8 Å². The van der Waals surface area contributed by atoms with Crippen LogP contribution in [0.3, 0.4) is 0 Å². The maximum atomic E-state index is 9.19. The van der Waals surface area contributed by atoms with Gasteiger partial charge in [-0.2, -0.15) is 0 Å². The highest BCUT2D eigenvalue weighted by Crippen LogP contribution is 2.31. The smallest absolute Gasteiger partial charge is 0.0579 e. The van der Waals surface area contributed by atoms with Gasteiger partial charge in [-0.15, -0.1) is 0 Å². The summed E-state index contributed by atoms with van der Waals surface area (Å²) in [7, 11) is 0. The van der Waals surface area contributed by atoms with E-state index >= 15 is 0 Å². The Hall–Kier alpha value is -0.740. The monoisotopic (exact) mass is 270 g/mol. The normalized spacial score (nSPS) is 24.7. The van der Waals surface area contributed by atoms with Gasteiger partial charge < -0.3 is 16.2 Å². The highest BCUT2D eigenvalue weighted by Gasteiger charge is 2.27. The van der Waals surface area contributed by atoms with Crippen molar-refractivity contribution in [1.29, 1.82) is 0 Å². The summed E-state index contributed by atoms with van der Waals surface area (Å²) in [6, 6.07) is 4.33. The van der Waals surface area contributed by atoms with Crippen LogP contribution in [0.4, 0.5) is 11.4 Å². The second-order valence-electron chi connectivity index (χ2n) is 4.16. The molecule has 0 saturated heterocycles. The highest BCUT2D eigenvalue weighted by molar-refractivity contribution is 9.10. The first-order chi connectivity index (χ1) is 7.06. The van der Waals surface area contributed by atoms with Crippen molar-refractivity contribution in [3.8, 4) is 0 Å². The van der Waals surface area contributed by atoms with Gasteiger partial charge >= 0.3 is 0 Å². The van der Waals surface area contributed by atoms with E-state index in [1.807, 2.05) is 19.1 Å². The second-order valence-corrected chi connectivity index (χ2v) is 5.01. The Kier molecular flexibility index (Phi) is 2.89. The number of hydrogen-bond donors (Lipinski definition) is 3. The molecule has 3 nitrogen and oxygen atoms in total. The molecule has 1 fully saturated rings. The lowest BCUT2D eigenvalue weighted by atomic mass is 9.89. The predicted octanol–water partition coefficient (Wildman–Crippen LogP) is 2.27. The molecular weight excluding hydrogens is 256 g/mol. The number of aryl methyl sites for hydroxylation is 1. The van der Waals surface area contributed by atoms with Crippen LogP contribution < -0.4 is 11.1 Å². The Morgan fingerprint density at radius 3 is 2.73 bits per heavy atom. The molecule has 82 valence electrons. The van der Waals surface area contributed by atoms with Gasteiger partial charge in [0.25, 0.3) is 0 Å². The van der Waals surface area contributed by atoms with Crippen LogP contribution in [0.5, 0.6) is 0 Å². The van der Waals surface area contributed by atoms with Gasteiger partial charge in [0.2, 0.25) is 0 Å². The maximum absolute atomic E-state index is 9.19. The van der Waals surface area contributed by atoms with Crippen LogP contribution in [0.15, 0.2) is 16.6 Å². The van der Waals surface area contributed by atoms with E-state index in [0.29, 0.717) is 6.04 Å². The quantitative estimate of drug-likeness (QED) is 0.723. The lowest BCUT2D eigenvalue weighted by Gasteiger charge is -2.33. The first kappa shape index (κ1) is 10.8. The molecule has 1 aromatic rings. The number of aliphatic hydroxyl groups is 1. The fourth-order valence-corrected chi connectivity index (χ4v) is 2.21. The fraction of sp³-hybridized carbons (Fsp3) is 0.455. The second kappa shape index (κ2) is 4.02. The SMILES string of the molecule is Cc1cc(NC2CC(O)C2)c(Br)cc1N. The van der Waals surface area contributed by atoms with Crippen LogP contribution in [0.1, 0.15) is 18.4 Å². The van der Waals surface area contributed by atoms with Gasteiger partial charge in [0.1, 0.15) is 0 Å². The molecule has 0 unspecified atom stereocenters. The molecule has 0 aromatic heterocycles. The van der Waals surface area contributed by atoms with Crippen LogP contribution >= 0.6 is 15.9 Å². The molecule has 0 heterocycles. The Bertz CT molecular complexity index is 375. The number of aliphatic hydroxyl groups excluding tert-OH is 1. The Morgan fingerprint density at radius 1 is 1.47 bits per heavy atom. The number of hydrogen-bond acceptors (Lipinski definition) is 3. The summed E-state index contributed by atoms with van der Waals surface area (Å²) >= 11 is 3.47. The van der Waals surface area contributed by atoms with Gasteiger partial charge in [-0.1, -0.05) is 0 Å². The number of nitrogens with two attached hydrogens (primary N) is 1. The first-order valence-electron chi connectivity index (χ1n) is 5.06. The molecule has 4 heteroatoms. The predicted molar refractivity (Wildman–Crippen MR) is 65.9 cm³/mol. The summed E-state index contributed by atoms with van der Waals surface area (Å²) in [4.78, 5) is 0. The van der Waals surface area contributed by atoms with Gasteiger partial charge in [0, 0.05) is 21.9 Å². The van der Waals surface area contributed by atoms with E-state index in [1.54, 1.807) is 0 Å². The van der Waals surface area contributed by atoms with Crippen molar-refractivity contribution in [3.05, 3.63) is 22.2 Å². The summed E-state index contributed by atoms with van der Waals surface area (Å²) in [5.41, 5.74) is 8.71. The molecule has 0 bridgehead atoms. The van der Waals surface area contributed by atoms with Gasteiger partial charge in [-0.25, -0.2) is 0 Å². The van der Waals surface area contributed by atoms with Crippen molar-refractivity contribution < 1.29 is 5.11 Å². The van der Waals surface area contributed by atoms with E-state index in [1.165, 1.54) is 0 Å². The molecule has 0 amide bonds. The molecule has 1 saturated carbocycles. The molecule has 0 radical (unpaired) electrons. The van der Waals surface area contributed by atoms with E-state index in [2.05, 4.69) is 21.2 Å². The average molecular weight is 271 g/mol. The third kappa shape index (κ3) is 2.26. The minimum Gasteiger partial charge on any atom is -0.398 e. The Balaban J connectivity index is 2.11. The van der Waals surface area contributed by atoms with E-state index in [4.69, 9.17) is 5.73 Å².